The fraction of sp³-hybridized carbons (Fsp3) is 0.143. The fourth-order valence-corrected chi connectivity index (χ4v) is 1.18. The summed E-state index contributed by atoms with van der Waals surface area (Å²) in [6.45, 7) is 1.64. The van der Waals surface area contributed by atoms with E-state index in [0.717, 1.165) is 12.0 Å². The van der Waals surface area contributed by atoms with Crippen molar-refractivity contribution in [2.45, 2.75) is 11.8 Å². The van der Waals surface area contributed by atoms with Gasteiger partial charge in [0, 0.05) is 4.90 Å². The van der Waals surface area contributed by atoms with E-state index in [-0.39, 0.29) is 5.82 Å². The number of benzene rings is 1. The summed E-state index contributed by atoms with van der Waals surface area (Å²) in [4.78, 5) is 0.656. The van der Waals surface area contributed by atoms with Gasteiger partial charge < -0.3 is 0 Å². The van der Waals surface area contributed by atoms with E-state index >= 15 is 0 Å². The zero-order valence-corrected chi connectivity index (χ0v) is 7.10. The summed E-state index contributed by atoms with van der Waals surface area (Å²) >= 11 is 0.804. The molecular formula is C7H7FO3S. The highest BCUT2D eigenvalue weighted by atomic mass is 32.2. The van der Waals surface area contributed by atoms with E-state index in [4.69, 9.17) is 5.26 Å². The lowest BCUT2D eigenvalue weighted by Crippen LogP contribution is -1.83. The van der Waals surface area contributed by atoms with Crippen molar-refractivity contribution in [2.75, 3.05) is 0 Å². The number of aryl methyl sites for hydroxylation is 1. The van der Waals surface area contributed by atoms with Gasteiger partial charge in [0.15, 0.2) is 0 Å². The highest BCUT2D eigenvalue weighted by Crippen LogP contribution is 2.21. The molecule has 0 amide bonds. The molecule has 0 bridgehead atoms. The Labute approximate surface area is 73.2 Å². The van der Waals surface area contributed by atoms with E-state index in [9.17, 15) is 4.39 Å². The third-order valence-electron chi connectivity index (χ3n) is 1.29. The van der Waals surface area contributed by atoms with Gasteiger partial charge in [0.2, 0.25) is 0 Å². The predicted molar refractivity (Wildman–Crippen MR) is 41.8 cm³/mol. The average molecular weight is 190 g/mol. The van der Waals surface area contributed by atoms with Crippen LogP contribution in [0.4, 0.5) is 4.39 Å². The lowest BCUT2D eigenvalue weighted by molar-refractivity contribution is -0.432. The molecular weight excluding hydrogens is 183 g/mol. The Hall–Kier alpha value is -0.620. The van der Waals surface area contributed by atoms with Gasteiger partial charge in [0.1, 0.15) is 5.82 Å². The standard InChI is InChI=1S/C7H7FO3S/c1-5-4-6(12-11-10-9)2-3-7(5)8/h2-4,9H,1H3. The molecule has 0 aliphatic heterocycles. The number of hydrogen-bond donors (Lipinski definition) is 1. The van der Waals surface area contributed by atoms with Gasteiger partial charge in [-0.15, -0.1) is 4.33 Å². The molecule has 0 fully saturated rings. The van der Waals surface area contributed by atoms with Crippen LogP contribution in [0, 0.1) is 12.7 Å². The molecule has 0 atom stereocenters. The third kappa shape index (κ3) is 2.46. The fourth-order valence-electron chi connectivity index (χ4n) is 0.724. The smallest absolute Gasteiger partial charge is 0.126 e. The lowest BCUT2D eigenvalue weighted by Gasteiger charge is -1.99. The molecule has 66 valence electrons. The van der Waals surface area contributed by atoms with E-state index in [1.807, 2.05) is 0 Å². The minimum Gasteiger partial charge on any atom is -0.220 e. The maximum atomic E-state index is 12.7. The van der Waals surface area contributed by atoms with Crippen molar-refractivity contribution < 1.29 is 19.0 Å². The first-order valence-corrected chi connectivity index (χ1v) is 3.89. The van der Waals surface area contributed by atoms with Crippen LogP contribution in [0.1, 0.15) is 5.56 Å². The van der Waals surface area contributed by atoms with Crippen molar-refractivity contribution in [1.29, 1.82) is 0 Å². The molecule has 3 nitrogen and oxygen atoms in total. The minimum atomic E-state index is -0.274. The molecule has 1 N–H and O–H groups in total. The van der Waals surface area contributed by atoms with Gasteiger partial charge in [-0.3, -0.25) is 0 Å². The van der Waals surface area contributed by atoms with Gasteiger partial charge >= 0.3 is 0 Å². The second-order valence-corrected chi connectivity index (χ2v) is 2.91. The van der Waals surface area contributed by atoms with E-state index in [2.05, 4.69) is 9.37 Å². The summed E-state index contributed by atoms with van der Waals surface area (Å²) in [5, 5.41) is 11.2. The summed E-state index contributed by atoms with van der Waals surface area (Å²) < 4.78 is 16.9. The zero-order chi connectivity index (χ0) is 8.97. The molecule has 1 aromatic rings. The molecule has 1 aromatic carbocycles. The molecule has 0 aliphatic rings. The maximum absolute atomic E-state index is 12.7. The Morgan fingerprint density at radius 3 is 2.83 bits per heavy atom. The molecule has 0 aromatic heterocycles. The second-order valence-electron chi connectivity index (χ2n) is 2.14. The van der Waals surface area contributed by atoms with Crippen LogP contribution in [-0.4, -0.2) is 5.26 Å². The molecule has 0 saturated carbocycles. The monoisotopic (exact) mass is 190 g/mol. The first kappa shape index (κ1) is 9.47. The van der Waals surface area contributed by atoms with Crippen LogP contribution in [0.5, 0.6) is 0 Å². The van der Waals surface area contributed by atoms with Gasteiger partial charge in [0.05, 0.1) is 12.0 Å². The molecule has 0 unspecified atom stereocenters. The van der Waals surface area contributed by atoms with Crippen LogP contribution in [-0.2, 0) is 9.37 Å². The van der Waals surface area contributed by atoms with Gasteiger partial charge in [0.25, 0.3) is 0 Å². The maximum Gasteiger partial charge on any atom is 0.126 e. The molecule has 12 heavy (non-hydrogen) atoms. The Morgan fingerprint density at radius 1 is 1.50 bits per heavy atom. The Bertz CT molecular complexity index is 267. The van der Waals surface area contributed by atoms with Gasteiger partial charge in [-0.1, -0.05) is 5.04 Å². The highest BCUT2D eigenvalue weighted by molar-refractivity contribution is 7.94. The predicted octanol–water partition coefficient (Wildman–Crippen LogP) is 2.56. The van der Waals surface area contributed by atoms with E-state index in [1.165, 1.54) is 12.1 Å². The molecule has 0 radical (unpaired) electrons. The largest absolute Gasteiger partial charge is 0.220 e. The lowest BCUT2D eigenvalue weighted by atomic mass is 10.2. The minimum absolute atomic E-state index is 0.274. The van der Waals surface area contributed by atoms with Crippen LogP contribution >= 0.6 is 12.0 Å². The third-order valence-corrected chi connectivity index (χ3v) is 1.87. The molecule has 1 rings (SSSR count). The highest BCUT2D eigenvalue weighted by Gasteiger charge is 2.00. The summed E-state index contributed by atoms with van der Waals surface area (Å²) in [5.41, 5.74) is 0.515. The number of halogens is 1. The average Bonchev–Trinajstić information content (AvgIpc) is 2.07. The van der Waals surface area contributed by atoms with Gasteiger partial charge in [-0.05, 0) is 30.7 Å². The van der Waals surface area contributed by atoms with Crippen molar-refractivity contribution >= 4 is 12.0 Å². The molecule has 0 aliphatic carbocycles. The second kappa shape index (κ2) is 4.42. The summed E-state index contributed by atoms with van der Waals surface area (Å²) in [7, 11) is 0. The van der Waals surface area contributed by atoms with Crippen molar-refractivity contribution in [1.82, 2.24) is 0 Å². The normalized spacial score (nSPS) is 10.2. The van der Waals surface area contributed by atoms with Crippen LogP contribution in [0.2, 0.25) is 0 Å². The molecule has 5 heteroatoms. The number of hydrogen-bond acceptors (Lipinski definition) is 4. The molecule has 0 spiro atoms. The Balaban J connectivity index is 2.69. The van der Waals surface area contributed by atoms with Crippen LogP contribution < -0.4 is 0 Å². The molecule has 0 heterocycles. The Morgan fingerprint density at radius 2 is 2.25 bits per heavy atom. The summed E-state index contributed by atoms with van der Waals surface area (Å²) in [6.07, 6.45) is 0. The summed E-state index contributed by atoms with van der Waals surface area (Å²) in [5.74, 6) is -0.274. The van der Waals surface area contributed by atoms with Crippen LogP contribution in [0.25, 0.3) is 0 Å². The van der Waals surface area contributed by atoms with E-state index < -0.39 is 0 Å². The van der Waals surface area contributed by atoms with Crippen molar-refractivity contribution in [3.63, 3.8) is 0 Å². The number of rotatable bonds is 3. The Kier molecular flexibility index (Phi) is 3.48. The molecule has 0 saturated heterocycles. The van der Waals surface area contributed by atoms with Crippen LogP contribution in [0.3, 0.4) is 0 Å². The topological polar surface area (TPSA) is 38.7 Å². The van der Waals surface area contributed by atoms with Crippen molar-refractivity contribution in [3.8, 4) is 0 Å². The van der Waals surface area contributed by atoms with Crippen molar-refractivity contribution in [3.05, 3.63) is 29.6 Å². The van der Waals surface area contributed by atoms with Crippen LogP contribution in [0.15, 0.2) is 23.1 Å². The van der Waals surface area contributed by atoms with Crippen molar-refractivity contribution in [2.24, 2.45) is 0 Å². The van der Waals surface area contributed by atoms with Gasteiger partial charge in [-0.25, -0.2) is 9.65 Å². The van der Waals surface area contributed by atoms with Gasteiger partial charge in [-0.2, -0.15) is 0 Å². The summed E-state index contributed by atoms with van der Waals surface area (Å²) in [6, 6.07) is 4.42. The first-order chi connectivity index (χ1) is 5.74. The van der Waals surface area contributed by atoms with E-state index in [0.29, 0.717) is 10.5 Å². The first-order valence-electron chi connectivity index (χ1n) is 3.15. The van der Waals surface area contributed by atoms with E-state index in [1.54, 1.807) is 13.0 Å². The SMILES string of the molecule is Cc1cc(SOOO)ccc1F. The quantitative estimate of drug-likeness (QED) is 0.451. The zero-order valence-electron chi connectivity index (χ0n) is 6.28.